The second-order valence-corrected chi connectivity index (χ2v) is 5.54. The second-order valence-electron chi connectivity index (χ2n) is 5.54. The number of hydrogen-bond donors (Lipinski definition) is 3. The number of amides is 1. The SMILES string of the molecule is CC(C)CC(NC(=O)c1ccc2c(c1)NCC2)C(=O)O. The quantitative estimate of drug-likeness (QED) is 0.767. The van der Waals surface area contributed by atoms with Gasteiger partial charge in [0.05, 0.1) is 0 Å². The average molecular weight is 276 g/mol. The van der Waals surface area contributed by atoms with E-state index in [9.17, 15) is 9.59 Å². The van der Waals surface area contributed by atoms with Crippen molar-refractivity contribution in [2.75, 3.05) is 11.9 Å². The van der Waals surface area contributed by atoms with E-state index < -0.39 is 12.0 Å². The van der Waals surface area contributed by atoms with Gasteiger partial charge in [0, 0.05) is 17.8 Å². The van der Waals surface area contributed by atoms with E-state index in [-0.39, 0.29) is 11.8 Å². The summed E-state index contributed by atoms with van der Waals surface area (Å²) in [4.78, 5) is 23.3. The topological polar surface area (TPSA) is 78.4 Å². The molecule has 0 bridgehead atoms. The maximum atomic E-state index is 12.1. The Bertz CT molecular complexity index is 526. The Morgan fingerprint density at radius 2 is 2.15 bits per heavy atom. The summed E-state index contributed by atoms with van der Waals surface area (Å²) in [7, 11) is 0. The van der Waals surface area contributed by atoms with E-state index in [1.54, 1.807) is 12.1 Å². The van der Waals surface area contributed by atoms with E-state index in [4.69, 9.17) is 5.11 Å². The van der Waals surface area contributed by atoms with Crippen molar-refractivity contribution < 1.29 is 14.7 Å². The molecular formula is C15H20N2O3. The molecule has 0 spiro atoms. The van der Waals surface area contributed by atoms with Crippen molar-refractivity contribution in [3.05, 3.63) is 29.3 Å². The normalized spacial score (nSPS) is 14.6. The molecule has 1 aliphatic heterocycles. The van der Waals surface area contributed by atoms with Crippen molar-refractivity contribution in [2.45, 2.75) is 32.7 Å². The molecule has 1 unspecified atom stereocenters. The Hall–Kier alpha value is -2.04. The lowest BCUT2D eigenvalue weighted by molar-refractivity contribution is -0.139. The molecule has 3 N–H and O–H groups in total. The Labute approximate surface area is 118 Å². The summed E-state index contributed by atoms with van der Waals surface area (Å²) in [5.41, 5.74) is 2.65. The van der Waals surface area contributed by atoms with Crippen LogP contribution in [0.25, 0.3) is 0 Å². The molecule has 1 aromatic rings. The molecule has 1 aliphatic rings. The predicted molar refractivity (Wildman–Crippen MR) is 77.0 cm³/mol. The number of carbonyl (C=O) groups excluding carboxylic acids is 1. The van der Waals surface area contributed by atoms with Gasteiger partial charge in [-0.2, -0.15) is 0 Å². The number of rotatable bonds is 5. The molecule has 2 rings (SSSR count). The summed E-state index contributed by atoms with van der Waals surface area (Å²) in [5, 5.41) is 14.9. The van der Waals surface area contributed by atoms with Gasteiger partial charge >= 0.3 is 5.97 Å². The highest BCUT2D eigenvalue weighted by Gasteiger charge is 2.22. The Balaban J connectivity index is 2.08. The first-order valence-corrected chi connectivity index (χ1v) is 6.88. The maximum Gasteiger partial charge on any atom is 0.326 e. The minimum atomic E-state index is -0.994. The Morgan fingerprint density at radius 3 is 2.80 bits per heavy atom. The van der Waals surface area contributed by atoms with Gasteiger partial charge < -0.3 is 15.7 Å². The van der Waals surface area contributed by atoms with Crippen LogP contribution in [-0.4, -0.2) is 29.6 Å². The number of benzene rings is 1. The van der Waals surface area contributed by atoms with Crippen LogP contribution in [0.4, 0.5) is 5.69 Å². The predicted octanol–water partition coefficient (Wildman–Crippen LogP) is 1.88. The summed E-state index contributed by atoms with van der Waals surface area (Å²) in [6.07, 6.45) is 1.38. The van der Waals surface area contributed by atoms with Crippen LogP contribution >= 0.6 is 0 Å². The van der Waals surface area contributed by atoms with Crippen molar-refractivity contribution in [3.63, 3.8) is 0 Å². The molecule has 1 aromatic carbocycles. The molecule has 1 atom stereocenters. The minimum absolute atomic E-state index is 0.207. The first kappa shape index (κ1) is 14.4. The fourth-order valence-corrected chi connectivity index (χ4v) is 2.37. The number of aliphatic carboxylic acids is 1. The summed E-state index contributed by atoms with van der Waals surface area (Å²) < 4.78 is 0. The van der Waals surface area contributed by atoms with E-state index in [0.29, 0.717) is 12.0 Å². The van der Waals surface area contributed by atoms with Gasteiger partial charge in [-0.3, -0.25) is 4.79 Å². The molecule has 108 valence electrons. The molecule has 1 amide bonds. The van der Waals surface area contributed by atoms with Gasteiger partial charge in [-0.1, -0.05) is 19.9 Å². The standard InChI is InChI=1S/C15H20N2O3/c1-9(2)7-13(15(19)20)17-14(18)11-4-3-10-5-6-16-12(10)8-11/h3-4,8-9,13,16H,5-7H2,1-2H3,(H,17,18)(H,19,20). The Kier molecular flexibility index (Phi) is 4.27. The smallest absolute Gasteiger partial charge is 0.326 e. The summed E-state index contributed by atoms with van der Waals surface area (Å²) >= 11 is 0. The lowest BCUT2D eigenvalue weighted by atomic mass is 10.0. The lowest BCUT2D eigenvalue weighted by Crippen LogP contribution is -2.41. The van der Waals surface area contributed by atoms with Crippen molar-refractivity contribution in [1.82, 2.24) is 5.32 Å². The number of carboxylic acids is 1. The van der Waals surface area contributed by atoms with Crippen LogP contribution in [0.3, 0.4) is 0 Å². The molecule has 5 heteroatoms. The van der Waals surface area contributed by atoms with Crippen LogP contribution in [-0.2, 0) is 11.2 Å². The van der Waals surface area contributed by atoms with E-state index >= 15 is 0 Å². The van der Waals surface area contributed by atoms with Gasteiger partial charge in [0.25, 0.3) is 5.91 Å². The molecule has 0 saturated carbocycles. The zero-order valence-corrected chi connectivity index (χ0v) is 11.8. The number of nitrogens with one attached hydrogen (secondary N) is 2. The number of carbonyl (C=O) groups is 2. The van der Waals surface area contributed by atoms with Crippen LogP contribution in [0.2, 0.25) is 0 Å². The number of fused-ring (bicyclic) bond motifs is 1. The molecule has 20 heavy (non-hydrogen) atoms. The summed E-state index contributed by atoms with van der Waals surface area (Å²) in [6, 6.07) is 4.60. The van der Waals surface area contributed by atoms with Crippen LogP contribution in [0, 0.1) is 5.92 Å². The van der Waals surface area contributed by atoms with Gasteiger partial charge in [0.2, 0.25) is 0 Å². The third-order valence-corrected chi connectivity index (χ3v) is 3.39. The fraction of sp³-hybridized carbons (Fsp3) is 0.467. The van der Waals surface area contributed by atoms with E-state index in [2.05, 4.69) is 10.6 Å². The molecule has 0 aromatic heterocycles. The van der Waals surface area contributed by atoms with E-state index in [1.165, 1.54) is 5.56 Å². The van der Waals surface area contributed by atoms with E-state index in [1.807, 2.05) is 19.9 Å². The van der Waals surface area contributed by atoms with Gasteiger partial charge in [-0.15, -0.1) is 0 Å². The van der Waals surface area contributed by atoms with Gasteiger partial charge in [0.15, 0.2) is 0 Å². The molecule has 0 radical (unpaired) electrons. The monoisotopic (exact) mass is 276 g/mol. The zero-order chi connectivity index (χ0) is 14.7. The average Bonchev–Trinajstić information content (AvgIpc) is 2.84. The van der Waals surface area contributed by atoms with Crippen LogP contribution in [0.1, 0.15) is 36.2 Å². The molecule has 0 aliphatic carbocycles. The minimum Gasteiger partial charge on any atom is -0.480 e. The zero-order valence-electron chi connectivity index (χ0n) is 11.8. The van der Waals surface area contributed by atoms with Crippen LogP contribution in [0.5, 0.6) is 0 Å². The highest BCUT2D eigenvalue weighted by atomic mass is 16.4. The number of carboxylic acid groups (broad SMARTS) is 1. The lowest BCUT2D eigenvalue weighted by Gasteiger charge is -2.16. The molecule has 5 nitrogen and oxygen atoms in total. The molecule has 0 saturated heterocycles. The third kappa shape index (κ3) is 3.29. The van der Waals surface area contributed by atoms with Crippen molar-refractivity contribution in [3.8, 4) is 0 Å². The molecule has 1 heterocycles. The fourth-order valence-electron chi connectivity index (χ4n) is 2.37. The van der Waals surface area contributed by atoms with Gasteiger partial charge in [-0.25, -0.2) is 4.79 Å². The summed E-state index contributed by atoms with van der Waals surface area (Å²) in [5.74, 6) is -1.13. The highest BCUT2D eigenvalue weighted by molar-refractivity contribution is 5.97. The molecular weight excluding hydrogens is 256 g/mol. The van der Waals surface area contributed by atoms with Crippen molar-refractivity contribution >= 4 is 17.6 Å². The number of anilines is 1. The third-order valence-electron chi connectivity index (χ3n) is 3.39. The second kappa shape index (κ2) is 5.94. The maximum absolute atomic E-state index is 12.1. The summed E-state index contributed by atoms with van der Waals surface area (Å²) in [6.45, 7) is 4.74. The van der Waals surface area contributed by atoms with Crippen molar-refractivity contribution in [1.29, 1.82) is 0 Å². The van der Waals surface area contributed by atoms with Crippen LogP contribution < -0.4 is 10.6 Å². The van der Waals surface area contributed by atoms with Gasteiger partial charge in [-0.05, 0) is 36.5 Å². The number of hydrogen-bond acceptors (Lipinski definition) is 3. The van der Waals surface area contributed by atoms with Crippen molar-refractivity contribution in [2.24, 2.45) is 5.92 Å². The van der Waals surface area contributed by atoms with E-state index in [0.717, 1.165) is 18.7 Å². The Morgan fingerprint density at radius 1 is 1.40 bits per heavy atom. The van der Waals surface area contributed by atoms with Crippen LogP contribution in [0.15, 0.2) is 18.2 Å². The first-order valence-electron chi connectivity index (χ1n) is 6.88. The highest BCUT2D eigenvalue weighted by Crippen LogP contribution is 2.23. The van der Waals surface area contributed by atoms with Gasteiger partial charge in [0.1, 0.15) is 6.04 Å². The largest absolute Gasteiger partial charge is 0.480 e. The first-order chi connectivity index (χ1) is 9.47. The molecule has 0 fully saturated rings.